The van der Waals surface area contributed by atoms with E-state index in [-0.39, 0.29) is 17.3 Å². The maximum Gasteiger partial charge on any atom is 0.196 e. The zero-order chi connectivity index (χ0) is 21.5. The van der Waals surface area contributed by atoms with Gasteiger partial charge in [-0.2, -0.15) is 5.10 Å². The fourth-order valence-corrected chi connectivity index (χ4v) is 5.71. The van der Waals surface area contributed by atoms with Crippen molar-refractivity contribution < 1.29 is 13.9 Å². The molecule has 0 unspecified atom stereocenters. The topological polar surface area (TPSA) is 68.2 Å². The van der Waals surface area contributed by atoms with Crippen LogP contribution in [0.15, 0.2) is 37.1 Å². The van der Waals surface area contributed by atoms with Gasteiger partial charge in [0, 0.05) is 33.7 Å². The van der Waals surface area contributed by atoms with Gasteiger partial charge in [0.2, 0.25) is 0 Å². The van der Waals surface area contributed by atoms with E-state index in [9.17, 15) is 13.9 Å². The van der Waals surface area contributed by atoms with Crippen LogP contribution in [0.25, 0.3) is 4.96 Å². The summed E-state index contributed by atoms with van der Waals surface area (Å²) in [6, 6.07) is 3.15. The van der Waals surface area contributed by atoms with Gasteiger partial charge >= 0.3 is 0 Å². The summed E-state index contributed by atoms with van der Waals surface area (Å²) in [5.74, 6) is -1.01. The molecule has 3 heterocycles. The van der Waals surface area contributed by atoms with Crippen molar-refractivity contribution >= 4 is 51.3 Å². The summed E-state index contributed by atoms with van der Waals surface area (Å²) in [6.07, 6.45) is 4.59. The maximum atomic E-state index is 14.6. The molecule has 0 radical (unpaired) electrons. The van der Waals surface area contributed by atoms with Crippen molar-refractivity contribution in [1.29, 1.82) is 0 Å². The molecule has 3 aromatic heterocycles. The Bertz CT molecular complexity index is 1180. The molecule has 0 aliphatic rings. The molecule has 1 N–H and O–H groups in total. The van der Waals surface area contributed by atoms with Crippen molar-refractivity contribution in [3.63, 3.8) is 0 Å². The number of thiazole rings is 1. The van der Waals surface area contributed by atoms with Crippen LogP contribution in [0.4, 0.5) is 8.78 Å². The van der Waals surface area contributed by atoms with E-state index in [0.29, 0.717) is 15.9 Å². The van der Waals surface area contributed by atoms with Crippen molar-refractivity contribution in [3.8, 4) is 0 Å². The van der Waals surface area contributed by atoms with E-state index in [1.807, 2.05) is 6.20 Å². The van der Waals surface area contributed by atoms with Crippen LogP contribution in [-0.4, -0.2) is 34.5 Å². The van der Waals surface area contributed by atoms with E-state index in [0.717, 1.165) is 17.0 Å². The average molecular weight is 490 g/mol. The Morgan fingerprint density at radius 3 is 2.80 bits per heavy atom. The SMILES string of the molecule is C[C@@H](SCc1cn2c(Cl)c(Cl)nc2s1)[C@](O)(Cn1cncn1)c1ccc(F)cc1F. The van der Waals surface area contributed by atoms with Gasteiger partial charge in [-0.05, 0) is 6.07 Å². The third kappa shape index (κ3) is 4.06. The molecule has 1 aromatic carbocycles. The Kier molecular flexibility index (Phi) is 6.04. The van der Waals surface area contributed by atoms with Crippen LogP contribution in [0.3, 0.4) is 0 Å². The second-order valence-corrected chi connectivity index (χ2v) is 9.78. The number of aliphatic hydroxyl groups is 1. The Labute approximate surface area is 188 Å². The van der Waals surface area contributed by atoms with Crippen LogP contribution in [-0.2, 0) is 17.9 Å². The summed E-state index contributed by atoms with van der Waals surface area (Å²) >= 11 is 14.9. The molecular formula is C18H15Cl2F2N5OS2. The van der Waals surface area contributed by atoms with Crippen molar-refractivity contribution in [1.82, 2.24) is 24.1 Å². The predicted octanol–water partition coefficient (Wildman–Crippen LogP) is 4.78. The smallest absolute Gasteiger partial charge is 0.196 e. The first-order chi connectivity index (χ1) is 14.3. The Morgan fingerprint density at radius 1 is 1.33 bits per heavy atom. The normalized spacial score (nSPS) is 14.9. The highest BCUT2D eigenvalue weighted by atomic mass is 35.5. The van der Waals surface area contributed by atoms with Crippen LogP contribution in [0.2, 0.25) is 10.3 Å². The number of aromatic nitrogens is 5. The summed E-state index contributed by atoms with van der Waals surface area (Å²) in [5, 5.41) is 15.6. The lowest BCUT2D eigenvalue weighted by Gasteiger charge is -2.34. The molecule has 4 rings (SSSR count). The van der Waals surface area contributed by atoms with Gasteiger partial charge in [-0.3, -0.25) is 4.40 Å². The number of rotatable bonds is 7. The third-order valence-corrected chi connectivity index (χ3v) is 7.95. The maximum absolute atomic E-state index is 14.6. The van der Waals surface area contributed by atoms with Crippen LogP contribution < -0.4 is 0 Å². The zero-order valence-electron chi connectivity index (χ0n) is 15.5. The van der Waals surface area contributed by atoms with Crippen LogP contribution in [0.5, 0.6) is 0 Å². The van der Waals surface area contributed by atoms with E-state index in [2.05, 4.69) is 15.1 Å². The lowest BCUT2D eigenvalue weighted by Crippen LogP contribution is -2.41. The fourth-order valence-electron chi connectivity index (χ4n) is 3.09. The standard InChI is InChI=1S/C18H15Cl2F2N5OS2/c1-10(29-6-12-5-27-16(20)15(19)25-17(27)30-12)18(28,7-26-9-23-8-24-26)13-3-2-11(21)4-14(13)22/h2-5,8-10,28H,6-7H2,1H3/t10-,18-/m1/s1. The number of hydrogen-bond donors (Lipinski definition) is 1. The summed E-state index contributed by atoms with van der Waals surface area (Å²) in [6.45, 7) is 1.74. The predicted molar refractivity (Wildman–Crippen MR) is 114 cm³/mol. The lowest BCUT2D eigenvalue weighted by molar-refractivity contribution is 0.0133. The minimum atomic E-state index is -1.66. The largest absolute Gasteiger partial charge is 0.382 e. The zero-order valence-corrected chi connectivity index (χ0v) is 18.6. The molecular weight excluding hydrogens is 475 g/mol. The average Bonchev–Trinajstić information content (AvgIpc) is 3.39. The molecule has 0 bridgehead atoms. The van der Waals surface area contributed by atoms with Crippen molar-refractivity contribution in [2.45, 2.75) is 30.1 Å². The fraction of sp³-hybridized carbons (Fsp3) is 0.278. The highest BCUT2D eigenvalue weighted by Gasteiger charge is 2.39. The summed E-state index contributed by atoms with van der Waals surface area (Å²) < 4.78 is 31.1. The molecule has 0 aliphatic heterocycles. The van der Waals surface area contributed by atoms with Crippen molar-refractivity contribution in [2.24, 2.45) is 0 Å². The van der Waals surface area contributed by atoms with Crippen LogP contribution in [0.1, 0.15) is 17.4 Å². The molecule has 0 saturated heterocycles. The summed E-state index contributed by atoms with van der Waals surface area (Å²) in [4.78, 5) is 9.67. The van der Waals surface area contributed by atoms with Gasteiger partial charge in [0.15, 0.2) is 15.3 Å². The van der Waals surface area contributed by atoms with Gasteiger partial charge < -0.3 is 5.11 Å². The van der Waals surface area contributed by atoms with E-state index < -0.39 is 22.5 Å². The third-order valence-electron chi connectivity index (χ3n) is 4.69. The molecule has 0 aliphatic carbocycles. The summed E-state index contributed by atoms with van der Waals surface area (Å²) in [7, 11) is 0. The number of halogens is 4. The van der Waals surface area contributed by atoms with E-state index >= 15 is 0 Å². The molecule has 158 valence electrons. The molecule has 0 spiro atoms. The highest BCUT2D eigenvalue weighted by Crippen LogP contribution is 2.38. The Morgan fingerprint density at radius 2 is 2.13 bits per heavy atom. The first-order valence-electron chi connectivity index (χ1n) is 8.71. The number of imidazole rings is 1. The molecule has 12 heteroatoms. The quantitative estimate of drug-likeness (QED) is 0.404. The molecule has 4 aromatic rings. The van der Waals surface area contributed by atoms with Gasteiger partial charge in [-0.1, -0.05) is 36.2 Å². The van der Waals surface area contributed by atoms with Crippen molar-refractivity contribution in [3.05, 3.63) is 69.4 Å². The second-order valence-electron chi connectivity index (χ2n) is 6.64. The van der Waals surface area contributed by atoms with Crippen LogP contribution in [0, 0.1) is 11.6 Å². The second kappa shape index (κ2) is 8.43. The number of benzene rings is 1. The first-order valence-corrected chi connectivity index (χ1v) is 11.3. The van der Waals surface area contributed by atoms with Gasteiger partial charge in [-0.25, -0.2) is 23.4 Å². The highest BCUT2D eigenvalue weighted by molar-refractivity contribution is 7.99. The van der Waals surface area contributed by atoms with E-state index in [1.165, 1.54) is 46.5 Å². The Balaban J connectivity index is 1.60. The molecule has 0 amide bonds. The van der Waals surface area contributed by atoms with E-state index in [4.69, 9.17) is 23.2 Å². The first kappa shape index (κ1) is 21.5. The van der Waals surface area contributed by atoms with Gasteiger partial charge in [0.1, 0.15) is 29.9 Å². The number of hydrogen-bond acceptors (Lipinski definition) is 6. The van der Waals surface area contributed by atoms with Crippen molar-refractivity contribution in [2.75, 3.05) is 0 Å². The Hall–Kier alpha value is -1.72. The molecule has 2 atom stereocenters. The van der Waals surface area contributed by atoms with Gasteiger partial charge in [0.05, 0.1) is 6.54 Å². The molecule has 30 heavy (non-hydrogen) atoms. The lowest BCUT2D eigenvalue weighted by atomic mass is 9.90. The summed E-state index contributed by atoms with van der Waals surface area (Å²) in [5.41, 5.74) is -1.66. The number of thioether (sulfide) groups is 1. The minimum absolute atomic E-state index is 0.00444. The van der Waals surface area contributed by atoms with Crippen LogP contribution >= 0.6 is 46.3 Å². The molecule has 0 fully saturated rings. The number of fused-ring (bicyclic) bond motifs is 1. The molecule has 0 saturated carbocycles. The van der Waals surface area contributed by atoms with Gasteiger partial charge in [-0.15, -0.1) is 23.1 Å². The van der Waals surface area contributed by atoms with Gasteiger partial charge in [0.25, 0.3) is 0 Å². The monoisotopic (exact) mass is 489 g/mol. The van der Waals surface area contributed by atoms with E-state index in [1.54, 1.807) is 11.3 Å². The molecule has 6 nitrogen and oxygen atoms in total. The minimum Gasteiger partial charge on any atom is -0.382 e. The number of nitrogens with zero attached hydrogens (tertiary/aromatic N) is 5.